The lowest BCUT2D eigenvalue weighted by molar-refractivity contribution is -0.402. The molecule has 0 aliphatic carbocycles. The zero-order valence-electron chi connectivity index (χ0n) is 75.3. The largest absolute Gasteiger partial charge is 0.394 e. The molecule has 0 aromatic carbocycles. The number of ether oxygens (including phenoxy) is 25. The van der Waals surface area contributed by atoms with Crippen LogP contribution in [0.1, 0.15) is 0 Å². The molecule has 0 bridgehead atoms. The molecule has 0 radical (unpaired) electrons. The molecule has 0 amide bonds. The van der Waals surface area contributed by atoms with Gasteiger partial charge in [-0.25, -0.2) is 0 Å². The molecule has 13 heterocycles. The number of hydrogen-bond acceptors (Lipinski definition) is 66. The van der Waals surface area contributed by atoms with Gasteiger partial charge in [-0.1, -0.05) is 0 Å². The van der Waals surface area contributed by atoms with E-state index in [0.717, 1.165) is 0 Å². The number of aliphatic hydroxyl groups is 41. The van der Waals surface area contributed by atoms with E-state index in [2.05, 4.69) is 0 Å². The highest BCUT2D eigenvalue weighted by Crippen LogP contribution is 2.44. The van der Waals surface area contributed by atoms with Gasteiger partial charge in [-0.05, 0) is 0 Å². The van der Waals surface area contributed by atoms with Crippen molar-refractivity contribution in [3.8, 4) is 0 Å². The van der Waals surface area contributed by atoms with Crippen molar-refractivity contribution in [1.29, 1.82) is 0 Å². The van der Waals surface area contributed by atoms with Gasteiger partial charge in [0.05, 0.1) is 85.9 Å². The van der Waals surface area contributed by atoms with Gasteiger partial charge in [-0.15, -0.1) is 0 Å². The quantitative estimate of drug-likeness (QED) is 0.0275. The summed E-state index contributed by atoms with van der Waals surface area (Å²) in [6, 6.07) is 0. The van der Waals surface area contributed by atoms with E-state index in [1.54, 1.807) is 0 Å². The minimum Gasteiger partial charge on any atom is -0.394 e. The van der Waals surface area contributed by atoms with Crippen LogP contribution < -0.4 is 0 Å². The maximum atomic E-state index is 11.6. The zero-order chi connectivity index (χ0) is 105. The lowest BCUT2D eigenvalue weighted by Gasteiger charge is -2.50. The predicted molar refractivity (Wildman–Crippen MR) is 428 cm³/mol. The highest BCUT2D eigenvalue weighted by molar-refractivity contribution is 5.06. The van der Waals surface area contributed by atoms with Crippen molar-refractivity contribution in [1.82, 2.24) is 0 Å². The van der Waals surface area contributed by atoms with Gasteiger partial charge in [-0.3, -0.25) is 0 Å². The van der Waals surface area contributed by atoms with E-state index < -0.39 is 485 Å². The second-order valence-corrected chi connectivity index (χ2v) is 36.4. The third-order valence-electron chi connectivity index (χ3n) is 27.2. The van der Waals surface area contributed by atoms with Gasteiger partial charge in [0, 0.05) is 0 Å². The minimum absolute atomic E-state index is 0.883. The molecule has 13 aliphatic heterocycles. The highest BCUT2D eigenvalue weighted by Gasteiger charge is 2.64. The van der Waals surface area contributed by atoms with Crippen molar-refractivity contribution in [2.45, 2.75) is 399 Å². The summed E-state index contributed by atoms with van der Waals surface area (Å²) < 4.78 is 141. The molecule has 144 heavy (non-hydrogen) atoms. The van der Waals surface area contributed by atoms with Crippen LogP contribution in [0.5, 0.6) is 0 Å². The van der Waals surface area contributed by atoms with Crippen molar-refractivity contribution in [3.05, 3.63) is 0 Å². The molecular weight excluding hydrogens is 1990 g/mol. The van der Waals surface area contributed by atoms with Crippen molar-refractivity contribution in [3.63, 3.8) is 0 Å². The lowest BCUT2D eigenvalue weighted by Crippen LogP contribution is -2.69. The Bertz CT molecular complexity index is 3620. The third-order valence-corrected chi connectivity index (χ3v) is 27.2. The fraction of sp³-hybridized carbons (Fsp3) is 1.00. The van der Waals surface area contributed by atoms with Gasteiger partial charge in [0.25, 0.3) is 0 Å². The zero-order valence-corrected chi connectivity index (χ0v) is 75.3. The second-order valence-electron chi connectivity index (χ2n) is 36.4. The summed E-state index contributed by atoms with van der Waals surface area (Å²) in [5.41, 5.74) is 0. The Morgan fingerprint density at radius 1 is 0.104 bits per heavy atom. The SMILES string of the molecule is OC[C@H]1O[C@H](O[C@H]2[C@H](O)[C@@H](O)[C@@H](O[C@H]3[C@H](O)[C@@H](O)[C@@H](O[C@H]4[C@H](O)[C@@H](O)[C@@H](O[C@H]5[C@H](O)[C@@H](O)[C@@H](O[C@H]6[C@H](O)[C@@H](O)[C@@H](O[C@H]7[C@H](O)[C@@H](O)[C@@H](O[C@H]8[C@H](O)[C@@H](O)[C@@H](O[C@H]9[C@H](O)[C@@H](O)[C@@H](O[C@H]%10[C@H](O)[C@@H](O)[C@@H](O[C@H]%11[C@H](O)[C@@H](O)[C@@H](O[C@H]%12[C@H](O)[C@@H](O)[C@@H](O[C@H]%13[C@@H](O)[C@@H](O)[C@@H](O)O[C@@H]%13CO)O[C@@H]%12CO)O[C@@H]%11CO)O[C@@H]%10CO)O[C@@H]9CO)O[C@@H]8CO)O[C@@H]7CO)O[C@@H]6CO)O[C@@H]5CO)O[C@@H]4CO)O[C@@H]3CO)O[C@@H]2CO)[C@H](O)[C@@H](O)[C@@H]1O. The van der Waals surface area contributed by atoms with Crippen LogP contribution in [0.3, 0.4) is 0 Å². The first-order valence-electron chi connectivity index (χ1n) is 45.8. The smallest absolute Gasteiger partial charge is 0.187 e. The number of aliphatic hydroxyl groups excluding tert-OH is 41. The van der Waals surface area contributed by atoms with Gasteiger partial charge in [0.1, 0.15) is 317 Å². The van der Waals surface area contributed by atoms with Crippen LogP contribution in [0.2, 0.25) is 0 Å². The van der Waals surface area contributed by atoms with Crippen LogP contribution >= 0.6 is 0 Å². The summed E-state index contributed by atoms with van der Waals surface area (Å²) in [5.74, 6) is 0. The predicted octanol–water partition coefficient (Wildman–Crippen LogP) is -29.3. The van der Waals surface area contributed by atoms with Crippen LogP contribution in [-0.2, 0) is 118 Å². The maximum absolute atomic E-state index is 11.6. The van der Waals surface area contributed by atoms with E-state index in [9.17, 15) is 209 Å². The minimum atomic E-state index is -2.38. The molecule has 0 spiro atoms. The van der Waals surface area contributed by atoms with E-state index in [1.807, 2.05) is 0 Å². The molecule has 65 atom stereocenters. The summed E-state index contributed by atoms with van der Waals surface area (Å²) in [5, 5.41) is 448. The van der Waals surface area contributed by atoms with Crippen LogP contribution in [0.15, 0.2) is 0 Å². The van der Waals surface area contributed by atoms with E-state index in [-0.39, 0.29) is 0 Å². The van der Waals surface area contributed by atoms with E-state index in [4.69, 9.17) is 118 Å². The molecule has 66 heteroatoms. The third kappa shape index (κ3) is 24.3. The van der Waals surface area contributed by atoms with Crippen molar-refractivity contribution in [2.24, 2.45) is 0 Å². The van der Waals surface area contributed by atoms with Crippen LogP contribution in [0.4, 0.5) is 0 Å². The molecule has 13 saturated heterocycles. The van der Waals surface area contributed by atoms with E-state index >= 15 is 0 Å². The highest BCUT2D eigenvalue weighted by atomic mass is 16.8. The van der Waals surface area contributed by atoms with Gasteiger partial charge in [-0.2, -0.15) is 0 Å². The van der Waals surface area contributed by atoms with E-state index in [1.165, 1.54) is 0 Å². The Labute approximate surface area is 810 Å². The van der Waals surface area contributed by atoms with Crippen LogP contribution in [0, 0.1) is 0 Å². The summed E-state index contributed by atoms with van der Waals surface area (Å²) in [7, 11) is 0. The molecule has 0 aromatic heterocycles. The molecule has 0 saturated carbocycles. The Morgan fingerprint density at radius 3 is 0.319 bits per heavy atom. The molecule has 41 N–H and O–H groups in total. The van der Waals surface area contributed by atoms with Gasteiger partial charge < -0.3 is 328 Å². The standard InChI is InChI=1S/C78H132O66/c79-1-14-27(92)28(93)42(107)67(121-14)134-55-16(3-81)123-69(44(109)30(55)95)136-57-18(5-83)125-71(46(111)32(57)97)138-59-20(7-85)127-73(48(113)34(59)99)140-61-22(9-87)129-75(50(115)36(61)101)142-63-24(11-89)131-77(52(117)38(63)103)144-65-26(13-91)132-78(53(118)40(65)105)143-64-25(12-90)130-76(51(116)39(64)104)141-62-23(10-88)128-74(49(114)37(62)102)139-60-21(8-86)126-72(47(112)35(60)100)137-58-19(6-84)124-70(45(110)33(58)98)135-56-17(4-82)122-68(43(108)31(56)96)133-54-15(2-80)120-66(119)41(106)29(54)94/h14-119H,1-13H2/t14-,15-,16-,17-,18-,19-,20-,21-,22-,23-,24-,25-,26-,27-,28+,29+,30-,31-,32-,33-,34-,35-,36-,37-,38-,39-,40-,41-,42-,43-,44-,45-,46-,47-,48-,49-,50-,51-,52-,53-,54-,55-,56-,57-,58-,59-,60-,61-,62-,63-,64-,65-,66+,67-,68-,69-,70-,71-,72-,73-,74-,75-,76-,77-,78-/m1/s1. The Kier molecular flexibility index (Phi) is 42.2. The Balaban J connectivity index is 0.561. The Hall–Kier alpha value is -2.64. The first kappa shape index (κ1) is 118. The van der Waals surface area contributed by atoms with Crippen molar-refractivity contribution in [2.75, 3.05) is 85.9 Å². The average molecular weight is 2130 g/mol. The summed E-state index contributed by atoms with van der Waals surface area (Å²) >= 11 is 0. The molecule has 13 aliphatic rings. The molecule has 66 nitrogen and oxygen atoms in total. The molecule has 13 rings (SSSR count). The Morgan fingerprint density at radius 2 is 0.201 bits per heavy atom. The van der Waals surface area contributed by atoms with Crippen LogP contribution in [0.25, 0.3) is 0 Å². The molecule has 840 valence electrons. The molecule has 13 fully saturated rings. The topological polar surface area (TPSA) is 1060 Å². The normalized spacial score (nSPS) is 53.9. The average Bonchev–Trinajstić information content (AvgIpc) is 0.751. The van der Waals surface area contributed by atoms with Crippen molar-refractivity contribution >= 4 is 0 Å². The number of rotatable bonds is 37. The molecule has 0 aromatic rings. The van der Waals surface area contributed by atoms with Gasteiger partial charge in [0.15, 0.2) is 81.8 Å². The summed E-state index contributed by atoms with van der Waals surface area (Å²) in [4.78, 5) is 0. The first-order chi connectivity index (χ1) is 68.4. The second kappa shape index (κ2) is 51.4. The van der Waals surface area contributed by atoms with Gasteiger partial charge in [0.2, 0.25) is 0 Å². The summed E-state index contributed by atoms with van der Waals surface area (Å²) in [6.45, 7) is -14.3. The molecule has 0 unspecified atom stereocenters. The number of hydrogen-bond donors (Lipinski definition) is 41. The molecular formula is C78H132O66. The fourth-order valence-corrected chi connectivity index (χ4v) is 18.9. The monoisotopic (exact) mass is 2120 g/mol. The first-order valence-corrected chi connectivity index (χ1v) is 45.8. The summed E-state index contributed by atoms with van der Waals surface area (Å²) in [6.07, 6.45) is -135. The lowest BCUT2D eigenvalue weighted by atomic mass is 9.95. The van der Waals surface area contributed by atoms with Crippen molar-refractivity contribution < 1.29 is 328 Å². The van der Waals surface area contributed by atoms with Crippen LogP contribution in [-0.4, -0.2) is 694 Å². The maximum Gasteiger partial charge on any atom is 0.187 e. The van der Waals surface area contributed by atoms with Gasteiger partial charge >= 0.3 is 0 Å². The fourth-order valence-electron chi connectivity index (χ4n) is 18.9. The van der Waals surface area contributed by atoms with E-state index in [0.29, 0.717) is 0 Å².